The lowest BCUT2D eigenvalue weighted by Gasteiger charge is -2.29. The fourth-order valence-electron chi connectivity index (χ4n) is 1.17. The average Bonchev–Trinajstić information content (AvgIpc) is 2.19. The van der Waals surface area contributed by atoms with E-state index >= 15 is 0 Å². The number of carbonyl (C=O) groups excluding carboxylic acids is 2. The minimum absolute atomic E-state index is 0.0418. The average molecular weight is 246 g/mol. The summed E-state index contributed by atoms with van der Waals surface area (Å²) in [5.74, 6) is 0.0835. The van der Waals surface area contributed by atoms with Crippen molar-refractivity contribution >= 4 is 11.6 Å². The highest BCUT2D eigenvalue weighted by Gasteiger charge is 2.14. The number of hydrogen-bond donors (Lipinski definition) is 0. The van der Waals surface area contributed by atoms with Crippen LogP contribution in [-0.2, 0) is 19.1 Å². The largest absolute Gasteiger partial charge is 0.368 e. The van der Waals surface area contributed by atoms with Gasteiger partial charge in [-0.3, -0.25) is 9.59 Å². The number of hydrogen-bond acceptors (Lipinski definition) is 4. The van der Waals surface area contributed by atoms with Crippen LogP contribution in [0.5, 0.6) is 0 Å². The number of rotatable bonds is 10. The summed E-state index contributed by atoms with van der Waals surface area (Å²) in [5, 5.41) is 0. The van der Waals surface area contributed by atoms with Crippen LogP contribution in [0.25, 0.3) is 0 Å². The maximum Gasteiger partial charge on any atom is 0.155 e. The number of likely N-dealkylation sites (N-methyl/N-ethyl adjacent to an activating group) is 1. The topological polar surface area (TPSA) is 52.6 Å². The zero-order valence-corrected chi connectivity index (χ0v) is 11.3. The fraction of sp³-hybridized carbons (Fsp3) is 0.833. The summed E-state index contributed by atoms with van der Waals surface area (Å²) in [6.45, 7) is 6.12. The van der Waals surface area contributed by atoms with Crippen LogP contribution in [0.3, 0.4) is 0 Å². The highest BCUT2D eigenvalue weighted by molar-refractivity contribution is 5.76. The Balaban J connectivity index is 3.57. The van der Waals surface area contributed by atoms with Crippen molar-refractivity contribution in [3.05, 3.63) is 0 Å². The fourth-order valence-corrected chi connectivity index (χ4v) is 1.17. The van der Waals surface area contributed by atoms with E-state index in [2.05, 4.69) is 14.1 Å². The molecular formula is C12H24NO4+. The van der Waals surface area contributed by atoms with Crippen LogP contribution in [0.2, 0.25) is 0 Å². The van der Waals surface area contributed by atoms with E-state index in [1.54, 1.807) is 0 Å². The molecule has 0 aliphatic rings. The van der Waals surface area contributed by atoms with Crippen molar-refractivity contribution < 1.29 is 23.5 Å². The monoisotopic (exact) mass is 246 g/mol. The van der Waals surface area contributed by atoms with Crippen molar-refractivity contribution in [3.63, 3.8) is 0 Å². The van der Waals surface area contributed by atoms with E-state index in [-0.39, 0.29) is 24.8 Å². The smallest absolute Gasteiger partial charge is 0.155 e. The van der Waals surface area contributed by atoms with Crippen LogP contribution in [0, 0.1) is 0 Å². The van der Waals surface area contributed by atoms with Crippen LogP contribution in [0.4, 0.5) is 0 Å². The molecule has 17 heavy (non-hydrogen) atoms. The van der Waals surface area contributed by atoms with Crippen molar-refractivity contribution in [1.82, 2.24) is 0 Å². The highest BCUT2D eigenvalue weighted by atomic mass is 16.5. The van der Waals surface area contributed by atoms with Gasteiger partial charge in [-0.1, -0.05) is 0 Å². The Morgan fingerprint density at radius 3 is 1.53 bits per heavy atom. The summed E-state index contributed by atoms with van der Waals surface area (Å²) in [6.07, 6.45) is 0. The quantitative estimate of drug-likeness (QED) is 0.410. The third-order valence-corrected chi connectivity index (χ3v) is 2.29. The second-order valence-electron chi connectivity index (χ2n) is 4.89. The molecule has 0 unspecified atom stereocenters. The van der Waals surface area contributed by atoms with E-state index in [9.17, 15) is 9.59 Å². The van der Waals surface area contributed by atoms with Gasteiger partial charge in [-0.15, -0.1) is 0 Å². The minimum atomic E-state index is 0.0418. The summed E-state index contributed by atoms with van der Waals surface area (Å²) >= 11 is 0. The summed E-state index contributed by atoms with van der Waals surface area (Å²) < 4.78 is 11.2. The maximum atomic E-state index is 10.7. The van der Waals surface area contributed by atoms with E-state index in [4.69, 9.17) is 9.47 Å². The van der Waals surface area contributed by atoms with Crippen molar-refractivity contribution in [1.29, 1.82) is 0 Å². The molecule has 5 nitrogen and oxygen atoms in total. The molecule has 0 atom stereocenters. The lowest BCUT2D eigenvalue weighted by molar-refractivity contribution is -0.891. The third-order valence-electron chi connectivity index (χ3n) is 2.29. The summed E-state index contributed by atoms with van der Waals surface area (Å²) in [5.41, 5.74) is 0. The van der Waals surface area contributed by atoms with Crippen LogP contribution in [0.15, 0.2) is 0 Å². The molecule has 0 rings (SSSR count). The standard InChI is InChI=1S/C12H24NO4/c1-11(14)9-16-7-5-13(3,4)6-8-17-10-12(2)15/h5-10H2,1-4H3/q+1. The normalized spacial score (nSPS) is 11.5. The molecule has 0 saturated heterocycles. The number of carbonyl (C=O) groups is 2. The molecule has 0 spiro atoms. The third kappa shape index (κ3) is 11.5. The first-order valence-corrected chi connectivity index (χ1v) is 5.80. The number of ether oxygens (including phenoxy) is 2. The van der Waals surface area contributed by atoms with Crippen molar-refractivity contribution in [3.8, 4) is 0 Å². The molecule has 0 radical (unpaired) electrons. The molecule has 0 N–H and O–H groups in total. The van der Waals surface area contributed by atoms with E-state index in [1.165, 1.54) is 13.8 Å². The number of nitrogens with zero attached hydrogens (tertiary/aromatic N) is 1. The number of ketones is 2. The minimum Gasteiger partial charge on any atom is -0.368 e. The molecule has 0 aliphatic carbocycles. The van der Waals surface area contributed by atoms with Gasteiger partial charge < -0.3 is 14.0 Å². The number of quaternary nitrogens is 1. The Kier molecular flexibility index (Phi) is 7.95. The van der Waals surface area contributed by atoms with Gasteiger partial charge in [0.25, 0.3) is 0 Å². The van der Waals surface area contributed by atoms with Gasteiger partial charge in [0.2, 0.25) is 0 Å². The van der Waals surface area contributed by atoms with Crippen LogP contribution in [-0.4, -0.2) is 69.7 Å². The summed E-state index contributed by atoms with van der Waals surface area (Å²) in [7, 11) is 4.13. The van der Waals surface area contributed by atoms with Gasteiger partial charge in [0.1, 0.15) is 26.3 Å². The second-order valence-corrected chi connectivity index (χ2v) is 4.89. The second kappa shape index (κ2) is 8.33. The molecular weight excluding hydrogens is 222 g/mol. The molecule has 0 saturated carbocycles. The van der Waals surface area contributed by atoms with Gasteiger partial charge in [-0.05, 0) is 13.8 Å². The Morgan fingerprint density at radius 2 is 1.24 bits per heavy atom. The van der Waals surface area contributed by atoms with Gasteiger partial charge in [-0.25, -0.2) is 0 Å². The van der Waals surface area contributed by atoms with Gasteiger partial charge in [-0.2, -0.15) is 0 Å². The zero-order chi connectivity index (χ0) is 13.3. The number of Topliss-reactive ketones (excluding diaryl/α,β-unsaturated/α-hetero) is 2. The molecule has 0 bridgehead atoms. The zero-order valence-electron chi connectivity index (χ0n) is 11.3. The Bertz CT molecular complexity index is 227. The first-order valence-electron chi connectivity index (χ1n) is 5.80. The first-order chi connectivity index (χ1) is 7.83. The molecule has 0 aromatic heterocycles. The van der Waals surface area contributed by atoms with Crippen molar-refractivity contribution in [2.24, 2.45) is 0 Å². The predicted molar refractivity (Wildman–Crippen MR) is 64.8 cm³/mol. The van der Waals surface area contributed by atoms with Crippen LogP contribution >= 0.6 is 0 Å². The first kappa shape index (κ1) is 16.2. The van der Waals surface area contributed by atoms with Crippen LogP contribution < -0.4 is 0 Å². The highest BCUT2D eigenvalue weighted by Crippen LogP contribution is 1.97. The SMILES string of the molecule is CC(=O)COCC[N+](C)(C)CCOCC(C)=O. The van der Waals surface area contributed by atoms with Crippen molar-refractivity contribution in [2.45, 2.75) is 13.8 Å². The molecule has 100 valence electrons. The van der Waals surface area contributed by atoms with E-state index < -0.39 is 0 Å². The Hall–Kier alpha value is -0.780. The van der Waals surface area contributed by atoms with Crippen molar-refractivity contribution in [2.75, 3.05) is 53.6 Å². The van der Waals surface area contributed by atoms with Gasteiger partial charge in [0.15, 0.2) is 11.6 Å². The molecule has 0 heterocycles. The Labute approximate surface area is 103 Å². The van der Waals surface area contributed by atoms with E-state index in [0.29, 0.717) is 13.2 Å². The molecule has 5 heteroatoms. The Morgan fingerprint density at radius 1 is 0.882 bits per heavy atom. The van der Waals surface area contributed by atoms with Gasteiger partial charge in [0, 0.05) is 0 Å². The maximum absolute atomic E-state index is 10.7. The van der Waals surface area contributed by atoms with E-state index in [0.717, 1.165) is 17.6 Å². The summed E-state index contributed by atoms with van der Waals surface area (Å²) in [6, 6.07) is 0. The van der Waals surface area contributed by atoms with Gasteiger partial charge >= 0.3 is 0 Å². The molecule has 0 aromatic carbocycles. The van der Waals surface area contributed by atoms with E-state index in [1.807, 2.05) is 0 Å². The summed E-state index contributed by atoms with van der Waals surface area (Å²) in [4.78, 5) is 21.3. The predicted octanol–water partition coefficient (Wildman–Crippen LogP) is 0.274. The lowest BCUT2D eigenvalue weighted by Crippen LogP contribution is -2.45. The van der Waals surface area contributed by atoms with Crippen LogP contribution in [0.1, 0.15) is 13.8 Å². The lowest BCUT2D eigenvalue weighted by atomic mass is 10.4. The molecule has 0 fully saturated rings. The molecule has 0 amide bonds. The molecule has 0 aromatic rings. The van der Waals surface area contributed by atoms with Gasteiger partial charge in [0.05, 0.1) is 27.3 Å². The molecule has 0 aliphatic heterocycles.